The van der Waals surface area contributed by atoms with Crippen molar-refractivity contribution < 1.29 is 18.7 Å². The van der Waals surface area contributed by atoms with Gasteiger partial charge in [-0.3, -0.25) is 4.79 Å². The van der Waals surface area contributed by atoms with Gasteiger partial charge in [0.1, 0.15) is 0 Å². The molecule has 1 N–H and O–H groups in total. The van der Waals surface area contributed by atoms with E-state index in [9.17, 15) is 18.7 Å². The molecule has 1 heterocycles. The first-order valence-corrected chi connectivity index (χ1v) is 3.99. The smallest absolute Gasteiger partial charge is 0.274 e. The average molecular weight is 222 g/mol. The van der Waals surface area contributed by atoms with E-state index in [1.165, 1.54) is 6.92 Å². The third-order valence-electron chi connectivity index (χ3n) is 1.57. The SMILES string of the molecule is Cc1cc(C(F)F)c(O)c(C(=O)Cl)n1. The van der Waals surface area contributed by atoms with Gasteiger partial charge in [0.05, 0.1) is 5.56 Å². The molecule has 0 aromatic carbocycles. The van der Waals surface area contributed by atoms with Crippen LogP contribution in [-0.2, 0) is 0 Å². The number of aromatic hydroxyl groups is 1. The zero-order chi connectivity index (χ0) is 10.9. The number of aryl methyl sites for hydroxylation is 1. The lowest BCUT2D eigenvalue weighted by Crippen LogP contribution is -2.00. The molecular formula is C8H6ClF2NO2. The van der Waals surface area contributed by atoms with Gasteiger partial charge in [-0.2, -0.15) is 0 Å². The van der Waals surface area contributed by atoms with Crippen LogP contribution in [0.4, 0.5) is 8.78 Å². The summed E-state index contributed by atoms with van der Waals surface area (Å²) in [5.74, 6) is -0.856. The molecule has 0 atom stereocenters. The topological polar surface area (TPSA) is 50.2 Å². The lowest BCUT2D eigenvalue weighted by atomic mass is 10.2. The number of carbonyl (C=O) groups is 1. The number of hydrogen-bond acceptors (Lipinski definition) is 3. The Balaban J connectivity index is 3.40. The highest BCUT2D eigenvalue weighted by Crippen LogP contribution is 2.31. The van der Waals surface area contributed by atoms with Crippen LogP contribution in [0.3, 0.4) is 0 Å². The van der Waals surface area contributed by atoms with Crippen LogP contribution in [0.5, 0.6) is 5.75 Å². The van der Waals surface area contributed by atoms with E-state index in [2.05, 4.69) is 4.98 Å². The Bertz CT molecular complexity index is 382. The molecular weight excluding hydrogens is 216 g/mol. The van der Waals surface area contributed by atoms with Crippen molar-refractivity contribution in [1.82, 2.24) is 4.98 Å². The number of halogens is 3. The molecule has 0 bridgehead atoms. The molecule has 0 aliphatic carbocycles. The Labute approximate surface area is 83.3 Å². The highest BCUT2D eigenvalue weighted by Gasteiger charge is 2.20. The predicted molar refractivity (Wildman–Crippen MR) is 45.8 cm³/mol. The Morgan fingerprint density at radius 2 is 2.21 bits per heavy atom. The van der Waals surface area contributed by atoms with Crippen molar-refractivity contribution in [2.75, 3.05) is 0 Å². The molecule has 0 aliphatic heterocycles. The van der Waals surface area contributed by atoms with E-state index in [1.807, 2.05) is 0 Å². The van der Waals surface area contributed by atoms with Crippen molar-refractivity contribution in [1.29, 1.82) is 0 Å². The minimum absolute atomic E-state index is 0.196. The second-order valence-corrected chi connectivity index (χ2v) is 2.97. The van der Waals surface area contributed by atoms with Crippen LogP contribution in [0, 0.1) is 6.92 Å². The molecule has 1 aromatic rings. The van der Waals surface area contributed by atoms with E-state index in [0.717, 1.165) is 6.07 Å². The molecule has 0 saturated carbocycles. The van der Waals surface area contributed by atoms with Gasteiger partial charge in [0.25, 0.3) is 11.7 Å². The summed E-state index contributed by atoms with van der Waals surface area (Å²) in [6.45, 7) is 1.43. The molecule has 0 saturated heterocycles. The van der Waals surface area contributed by atoms with Gasteiger partial charge in [-0.05, 0) is 24.6 Å². The van der Waals surface area contributed by atoms with Gasteiger partial charge in [-0.25, -0.2) is 13.8 Å². The van der Waals surface area contributed by atoms with Crippen LogP contribution in [-0.4, -0.2) is 15.3 Å². The standard InChI is InChI=1S/C8H6ClF2NO2/c1-3-2-4(8(10)11)6(13)5(12-3)7(9)14/h2,8,13H,1H3. The summed E-state index contributed by atoms with van der Waals surface area (Å²) in [5, 5.41) is 8.14. The molecule has 1 rings (SSSR count). The molecule has 3 nitrogen and oxygen atoms in total. The van der Waals surface area contributed by atoms with E-state index in [0.29, 0.717) is 0 Å². The summed E-state index contributed by atoms with van der Waals surface area (Å²) in [5.41, 5.74) is -0.981. The van der Waals surface area contributed by atoms with Crippen LogP contribution in [0.2, 0.25) is 0 Å². The first-order valence-electron chi connectivity index (χ1n) is 3.62. The summed E-state index contributed by atoms with van der Waals surface area (Å²) < 4.78 is 24.6. The van der Waals surface area contributed by atoms with Crippen molar-refractivity contribution in [3.8, 4) is 5.75 Å². The van der Waals surface area contributed by atoms with Gasteiger partial charge < -0.3 is 5.11 Å². The van der Waals surface area contributed by atoms with E-state index in [-0.39, 0.29) is 5.69 Å². The molecule has 0 amide bonds. The summed E-state index contributed by atoms with van der Waals surface area (Å²) in [6.07, 6.45) is -2.87. The van der Waals surface area contributed by atoms with E-state index in [1.54, 1.807) is 0 Å². The van der Waals surface area contributed by atoms with Crippen molar-refractivity contribution in [2.24, 2.45) is 0 Å². The molecule has 0 radical (unpaired) electrons. The summed E-state index contributed by atoms with van der Waals surface area (Å²) in [7, 11) is 0. The number of carbonyl (C=O) groups excluding carboxylic acids is 1. The molecule has 76 valence electrons. The summed E-state index contributed by atoms with van der Waals surface area (Å²) in [6, 6.07) is 1.00. The van der Waals surface area contributed by atoms with Gasteiger partial charge in [-0.15, -0.1) is 0 Å². The lowest BCUT2D eigenvalue weighted by molar-refractivity contribution is 0.107. The minimum atomic E-state index is -2.87. The van der Waals surface area contributed by atoms with Gasteiger partial charge >= 0.3 is 0 Å². The van der Waals surface area contributed by atoms with Crippen molar-refractivity contribution >= 4 is 16.8 Å². The maximum Gasteiger partial charge on any atom is 0.274 e. The van der Waals surface area contributed by atoms with Crippen LogP contribution in [0.25, 0.3) is 0 Å². The quantitative estimate of drug-likeness (QED) is 0.781. The monoisotopic (exact) mass is 221 g/mol. The fraction of sp³-hybridized carbons (Fsp3) is 0.250. The largest absolute Gasteiger partial charge is 0.505 e. The fourth-order valence-corrected chi connectivity index (χ4v) is 1.13. The zero-order valence-electron chi connectivity index (χ0n) is 7.09. The molecule has 14 heavy (non-hydrogen) atoms. The Kier molecular flexibility index (Phi) is 3.00. The average Bonchev–Trinajstić information content (AvgIpc) is 2.07. The zero-order valence-corrected chi connectivity index (χ0v) is 7.85. The molecule has 6 heteroatoms. The fourth-order valence-electron chi connectivity index (χ4n) is 0.995. The van der Waals surface area contributed by atoms with E-state index in [4.69, 9.17) is 11.6 Å². The summed E-state index contributed by atoms with van der Waals surface area (Å²) in [4.78, 5) is 14.2. The molecule has 0 fully saturated rings. The lowest BCUT2D eigenvalue weighted by Gasteiger charge is -2.06. The third kappa shape index (κ3) is 1.98. The predicted octanol–water partition coefficient (Wildman–Crippen LogP) is 2.41. The van der Waals surface area contributed by atoms with Crippen LogP contribution in [0.15, 0.2) is 6.07 Å². The number of alkyl halides is 2. The highest BCUT2D eigenvalue weighted by atomic mass is 35.5. The molecule has 1 aromatic heterocycles. The van der Waals surface area contributed by atoms with Gasteiger partial charge in [0, 0.05) is 5.69 Å². The first kappa shape index (κ1) is 10.8. The molecule has 0 spiro atoms. The first-order chi connectivity index (χ1) is 6.43. The molecule has 0 aliphatic rings. The second-order valence-electron chi connectivity index (χ2n) is 2.62. The Morgan fingerprint density at radius 1 is 1.64 bits per heavy atom. The van der Waals surface area contributed by atoms with Crippen molar-refractivity contribution in [2.45, 2.75) is 13.3 Å². The number of rotatable bonds is 2. The van der Waals surface area contributed by atoms with Gasteiger partial charge in [0.2, 0.25) is 0 Å². The molecule has 0 unspecified atom stereocenters. The van der Waals surface area contributed by atoms with Crippen LogP contribution >= 0.6 is 11.6 Å². The van der Waals surface area contributed by atoms with Gasteiger partial charge in [0.15, 0.2) is 11.4 Å². The van der Waals surface area contributed by atoms with E-state index < -0.39 is 28.7 Å². The van der Waals surface area contributed by atoms with Crippen LogP contribution < -0.4 is 0 Å². The van der Waals surface area contributed by atoms with Crippen molar-refractivity contribution in [3.05, 3.63) is 23.0 Å². The number of nitrogens with zero attached hydrogens (tertiary/aromatic N) is 1. The Morgan fingerprint density at radius 3 is 2.64 bits per heavy atom. The third-order valence-corrected chi connectivity index (χ3v) is 1.75. The highest BCUT2D eigenvalue weighted by molar-refractivity contribution is 6.67. The maximum atomic E-state index is 12.3. The number of hydrogen-bond donors (Lipinski definition) is 1. The van der Waals surface area contributed by atoms with Crippen LogP contribution in [0.1, 0.15) is 28.2 Å². The minimum Gasteiger partial charge on any atom is -0.505 e. The van der Waals surface area contributed by atoms with E-state index >= 15 is 0 Å². The maximum absolute atomic E-state index is 12.3. The Hall–Kier alpha value is -1.23. The van der Waals surface area contributed by atoms with Gasteiger partial charge in [-0.1, -0.05) is 0 Å². The van der Waals surface area contributed by atoms with Crippen molar-refractivity contribution in [3.63, 3.8) is 0 Å². The second kappa shape index (κ2) is 3.88. The summed E-state index contributed by atoms with van der Waals surface area (Å²) >= 11 is 5.05. The number of aromatic nitrogens is 1. The number of pyridine rings is 1. The normalized spacial score (nSPS) is 10.6.